The molecule has 1 atom stereocenters. The Hall–Kier alpha value is -2.76. The fourth-order valence-corrected chi connectivity index (χ4v) is 5.65. The largest absolute Gasteiger partial charge is 0.481 e. The van der Waals surface area contributed by atoms with Crippen molar-refractivity contribution in [1.82, 2.24) is 14.3 Å². The number of hydrogen-bond donors (Lipinski definition) is 2. The van der Waals surface area contributed by atoms with E-state index < -0.39 is 21.9 Å². The fourth-order valence-electron chi connectivity index (χ4n) is 4.25. The molecule has 2 aromatic heterocycles. The second-order valence-corrected chi connectivity index (χ2v) is 11.4. The van der Waals surface area contributed by atoms with E-state index in [0.29, 0.717) is 6.42 Å². The van der Waals surface area contributed by atoms with Crippen molar-refractivity contribution < 1.29 is 18.3 Å². The molecule has 7 nitrogen and oxygen atoms in total. The minimum Gasteiger partial charge on any atom is -0.481 e. The number of nitrogens with zero attached hydrogens (tertiary/aromatic N) is 2. The Morgan fingerprint density at radius 2 is 1.86 bits per heavy atom. The molecule has 1 unspecified atom stereocenters. The Bertz CT molecular complexity index is 1430. The number of aromatic nitrogens is 2. The molecule has 0 aliphatic heterocycles. The standard InChI is InChI=1S/C26H26IN3O4S/c1-18-24(15-19-5-4-13-28-16-19)23-6-2-3-7-25(23)30(18)17-20(26(31)32)12-14-29-35(33,34)22-10-8-21(27)9-11-22/h2-11,13,16,20,29H,12,14-15,17H2,1H3,(H,31,32). The summed E-state index contributed by atoms with van der Waals surface area (Å²) in [6, 6.07) is 18.4. The van der Waals surface area contributed by atoms with Crippen LogP contribution in [0.5, 0.6) is 0 Å². The quantitative estimate of drug-likeness (QED) is 0.258. The van der Waals surface area contributed by atoms with E-state index in [1.807, 2.05) is 48.0 Å². The molecular formula is C26H26IN3O4S. The van der Waals surface area contributed by atoms with Crippen LogP contribution in [-0.2, 0) is 27.8 Å². The van der Waals surface area contributed by atoms with Crippen molar-refractivity contribution in [3.05, 3.63) is 93.4 Å². The zero-order valence-corrected chi connectivity index (χ0v) is 22.2. The first-order valence-electron chi connectivity index (χ1n) is 11.2. The van der Waals surface area contributed by atoms with Crippen LogP contribution in [0.25, 0.3) is 10.9 Å². The SMILES string of the molecule is Cc1c(Cc2cccnc2)c2ccccc2n1CC(CCNS(=O)(=O)c1ccc(I)cc1)C(=O)O. The van der Waals surface area contributed by atoms with E-state index in [2.05, 4.69) is 38.4 Å². The van der Waals surface area contributed by atoms with E-state index in [0.717, 1.165) is 31.3 Å². The molecule has 4 aromatic rings. The molecule has 0 radical (unpaired) electrons. The van der Waals surface area contributed by atoms with Crippen LogP contribution < -0.4 is 4.72 Å². The summed E-state index contributed by atoms with van der Waals surface area (Å²) in [5.74, 6) is -1.71. The summed E-state index contributed by atoms with van der Waals surface area (Å²) >= 11 is 2.11. The smallest absolute Gasteiger partial charge is 0.308 e. The summed E-state index contributed by atoms with van der Waals surface area (Å²) in [7, 11) is -3.70. The van der Waals surface area contributed by atoms with Crippen molar-refractivity contribution in [3.8, 4) is 0 Å². The van der Waals surface area contributed by atoms with Gasteiger partial charge in [0.05, 0.1) is 10.8 Å². The van der Waals surface area contributed by atoms with Crippen LogP contribution in [0.15, 0.2) is 78.0 Å². The molecule has 35 heavy (non-hydrogen) atoms. The highest BCUT2D eigenvalue weighted by Crippen LogP contribution is 2.29. The van der Waals surface area contributed by atoms with E-state index in [9.17, 15) is 18.3 Å². The van der Waals surface area contributed by atoms with Gasteiger partial charge in [0.25, 0.3) is 0 Å². The zero-order valence-electron chi connectivity index (χ0n) is 19.2. The number of rotatable bonds is 10. The van der Waals surface area contributed by atoms with Gasteiger partial charge in [-0.2, -0.15) is 0 Å². The highest BCUT2D eigenvalue weighted by atomic mass is 127. The molecule has 0 amide bonds. The van der Waals surface area contributed by atoms with Crippen LogP contribution in [0.1, 0.15) is 23.2 Å². The maximum Gasteiger partial charge on any atom is 0.308 e. The average Bonchev–Trinajstić information content (AvgIpc) is 3.10. The molecule has 0 aliphatic carbocycles. The molecule has 0 saturated heterocycles. The van der Waals surface area contributed by atoms with Crippen LogP contribution in [0.2, 0.25) is 0 Å². The molecule has 2 N–H and O–H groups in total. The van der Waals surface area contributed by atoms with E-state index in [1.54, 1.807) is 18.3 Å². The van der Waals surface area contributed by atoms with Gasteiger partial charge >= 0.3 is 5.97 Å². The Labute approximate surface area is 218 Å². The minimum atomic E-state index is -3.70. The van der Waals surface area contributed by atoms with Gasteiger partial charge in [0.1, 0.15) is 0 Å². The number of carboxylic acids is 1. The minimum absolute atomic E-state index is 0.0338. The third-order valence-electron chi connectivity index (χ3n) is 6.13. The van der Waals surface area contributed by atoms with Crippen molar-refractivity contribution in [2.45, 2.75) is 31.2 Å². The number of pyridine rings is 1. The molecule has 0 spiro atoms. The number of carbonyl (C=O) groups is 1. The number of fused-ring (bicyclic) bond motifs is 1. The lowest BCUT2D eigenvalue weighted by molar-refractivity contribution is -0.142. The van der Waals surface area contributed by atoms with Crippen LogP contribution >= 0.6 is 22.6 Å². The highest BCUT2D eigenvalue weighted by molar-refractivity contribution is 14.1. The summed E-state index contributed by atoms with van der Waals surface area (Å²) < 4.78 is 30.7. The Kier molecular flexibility index (Phi) is 7.88. The summed E-state index contributed by atoms with van der Waals surface area (Å²) in [6.07, 6.45) is 4.44. The first-order valence-corrected chi connectivity index (χ1v) is 13.8. The van der Waals surface area contributed by atoms with Gasteiger partial charge in [-0.15, -0.1) is 0 Å². The van der Waals surface area contributed by atoms with E-state index in [1.165, 1.54) is 12.1 Å². The maximum absolute atomic E-state index is 12.6. The number of benzene rings is 2. The fraction of sp³-hybridized carbons (Fsp3) is 0.231. The van der Waals surface area contributed by atoms with Crippen LogP contribution in [-0.4, -0.2) is 35.6 Å². The first kappa shape index (κ1) is 25.3. The lowest BCUT2D eigenvalue weighted by atomic mass is 10.0. The van der Waals surface area contributed by atoms with Gasteiger partial charge in [0.2, 0.25) is 10.0 Å². The predicted molar refractivity (Wildman–Crippen MR) is 144 cm³/mol. The second-order valence-electron chi connectivity index (χ2n) is 8.41. The number of carboxylic acid groups (broad SMARTS) is 1. The molecule has 4 rings (SSSR count). The molecule has 2 aromatic carbocycles. The summed E-state index contributed by atoms with van der Waals surface area (Å²) in [5.41, 5.74) is 4.19. The molecule has 0 aliphatic rings. The number of sulfonamides is 1. The predicted octanol–water partition coefficient (Wildman–Crippen LogP) is 4.61. The summed E-state index contributed by atoms with van der Waals surface area (Å²) in [5, 5.41) is 11.0. The molecule has 182 valence electrons. The van der Waals surface area contributed by atoms with Crippen molar-refractivity contribution in [2.24, 2.45) is 5.92 Å². The van der Waals surface area contributed by atoms with Gasteiger partial charge in [0.15, 0.2) is 0 Å². The Balaban J connectivity index is 1.53. The second kappa shape index (κ2) is 10.9. The van der Waals surface area contributed by atoms with Crippen LogP contribution in [0.3, 0.4) is 0 Å². The highest BCUT2D eigenvalue weighted by Gasteiger charge is 2.23. The molecule has 0 saturated carbocycles. The summed E-state index contributed by atoms with van der Waals surface area (Å²) in [4.78, 5) is 16.5. The van der Waals surface area contributed by atoms with E-state index >= 15 is 0 Å². The molecule has 9 heteroatoms. The van der Waals surface area contributed by atoms with E-state index in [-0.39, 0.29) is 24.4 Å². The zero-order chi connectivity index (χ0) is 25.0. The van der Waals surface area contributed by atoms with Crippen molar-refractivity contribution in [3.63, 3.8) is 0 Å². The Morgan fingerprint density at radius 1 is 1.11 bits per heavy atom. The molecule has 0 bridgehead atoms. The number of halogens is 1. The lowest BCUT2D eigenvalue weighted by Gasteiger charge is -2.17. The number of nitrogens with one attached hydrogen (secondary N) is 1. The number of aliphatic carboxylic acids is 1. The third kappa shape index (κ3) is 5.91. The molecule has 2 heterocycles. The lowest BCUT2D eigenvalue weighted by Crippen LogP contribution is -2.29. The van der Waals surface area contributed by atoms with Crippen molar-refractivity contribution >= 4 is 49.5 Å². The monoisotopic (exact) mass is 603 g/mol. The van der Waals surface area contributed by atoms with Gasteiger partial charge in [-0.3, -0.25) is 9.78 Å². The van der Waals surface area contributed by atoms with Gasteiger partial charge in [-0.05, 0) is 83.5 Å². The Morgan fingerprint density at radius 3 is 2.54 bits per heavy atom. The summed E-state index contributed by atoms with van der Waals surface area (Å²) in [6.45, 7) is 2.29. The molecular weight excluding hydrogens is 577 g/mol. The van der Waals surface area contributed by atoms with Crippen LogP contribution in [0, 0.1) is 16.4 Å². The van der Waals surface area contributed by atoms with Gasteiger partial charge < -0.3 is 9.67 Å². The van der Waals surface area contributed by atoms with E-state index in [4.69, 9.17) is 0 Å². The van der Waals surface area contributed by atoms with Crippen molar-refractivity contribution in [2.75, 3.05) is 6.54 Å². The molecule has 0 fully saturated rings. The van der Waals surface area contributed by atoms with Gasteiger partial charge in [0, 0.05) is 52.1 Å². The first-order chi connectivity index (χ1) is 16.8. The maximum atomic E-state index is 12.6. The van der Waals surface area contributed by atoms with Crippen molar-refractivity contribution in [1.29, 1.82) is 0 Å². The number of hydrogen-bond acceptors (Lipinski definition) is 4. The van der Waals surface area contributed by atoms with Gasteiger partial charge in [-0.1, -0.05) is 24.3 Å². The topological polar surface area (TPSA) is 101 Å². The third-order valence-corrected chi connectivity index (χ3v) is 8.32. The normalized spacial score (nSPS) is 12.6. The van der Waals surface area contributed by atoms with Crippen LogP contribution in [0.4, 0.5) is 0 Å². The van der Waals surface area contributed by atoms with Gasteiger partial charge in [-0.25, -0.2) is 13.1 Å². The number of para-hydroxylation sites is 1. The average molecular weight is 603 g/mol.